The Morgan fingerprint density at radius 1 is 1.04 bits per heavy atom. The first-order valence-electron chi connectivity index (χ1n) is 9.67. The van der Waals surface area contributed by atoms with Gasteiger partial charge >= 0.3 is 0 Å². The highest BCUT2D eigenvalue weighted by Gasteiger charge is 2.30. The number of rotatable bonds is 7. The van der Waals surface area contributed by atoms with Crippen LogP contribution >= 0.6 is 0 Å². The van der Waals surface area contributed by atoms with Gasteiger partial charge in [-0.25, -0.2) is 4.39 Å². The summed E-state index contributed by atoms with van der Waals surface area (Å²) < 4.78 is 13.0. The number of carbonyl (C=O) groups is 1. The number of aliphatic hydroxyl groups is 1. The van der Waals surface area contributed by atoms with E-state index in [0.717, 1.165) is 43.6 Å². The van der Waals surface area contributed by atoms with E-state index in [1.165, 1.54) is 17.0 Å². The fourth-order valence-corrected chi connectivity index (χ4v) is 3.79. The second kappa shape index (κ2) is 9.62. The maximum atomic E-state index is 13.0. The molecule has 144 valence electrons. The third kappa shape index (κ3) is 5.62. The minimum atomic E-state index is -0.208. The third-order valence-corrected chi connectivity index (χ3v) is 5.31. The molecule has 0 unspecified atom stereocenters. The summed E-state index contributed by atoms with van der Waals surface area (Å²) >= 11 is 0. The van der Waals surface area contributed by atoms with Gasteiger partial charge in [0.25, 0.3) is 0 Å². The number of nitrogens with one attached hydrogen (secondary N) is 1. The van der Waals surface area contributed by atoms with Gasteiger partial charge in [0.15, 0.2) is 0 Å². The SMILES string of the molecule is O=C(C1CC[NH+](Cc2ccc(F)cc2)CC1)N(CCO)Cc1ccccc1. The molecule has 1 heterocycles. The standard InChI is InChI=1S/C22H27FN2O2/c23-21-8-6-19(7-9-21)16-24-12-10-20(11-13-24)22(27)25(14-15-26)17-18-4-2-1-3-5-18/h1-9,20,26H,10-17H2/p+1. The number of piperidine rings is 1. The van der Waals surface area contributed by atoms with Gasteiger partial charge in [0.1, 0.15) is 12.4 Å². The lowest BCUT2D eigenvalue weighted by Gasteiger charge is -2.32. The number of quaternary nitrogens is 1. The average Bonchev–Trinajstić information content (AvgIpc) is 2.70. The molecular formula is C22H28FN2O2+. The van der Waals surface area contributed by atoms with E-state index in [0.29, 0.717) is 13.1 Å². The summed E-state index contributed by atoms with van der Waals surface area (Å²) in [6, 6.07) is 16.6. The van der Waals surface area contributed by atoms with E-state index >= 15 is 0 Å². The predicted octanol–water partition coefficient (Wildman–Crippen LogP) is 1.64. The summed E-state index contributed by atoms with van der Waals surface area (Å²) in [5, 5.41) is 9.36. The van der Waals surface area contributed by atoms with E-state index in [2.05, 4.69) is 0 Å². The molecule has 0 aliphatic carbocycles. The molecule has 4 nitrogen and oxygen atoms in total. The Kier molecular flexibility index (Phi) is 6.96. The summed E-state index contributed by atoms with van der Waals surface area (Å²) in [5.41, 5.74) is 2.21. The summed E-state index contributed by atoms with van der Waals surface area (Å²) in [4.78, 5) is 16.2. The van der Waals surface area contributed by atoms with Gasteiger partial charge in [0.2, 0.25) is 5.91 Å². The lowest BCUT2D eigenvalue weighted by atomic mass is 9.94. The molecule has 1 aliphatic heterocycles. The average molecular weight is 371 g/mol. The van der Waals surface area contributed by atoms with Crippen LogP contribution in [0.15, 0.2) is 54.6 Å². The maximum absolute atomic E-state index is 13.0. The Bertz CT molecular complexity index is 713. The summed E-state index contributed by atoms with van der Waals surface area (Å²) in [7, 11) is 0. The molecular weight excluding hydrogens is 343 g/mol. The van der Waals surface area contributed by atoms with Gasteiger partial charge in [-0.05, 0) is 17.7 Å². The number of carbonyl (C=O) groups excluding carboxylic acids is 1. The normalized spacial score (nSPS) is 19.6. The molecule has 0 spiro atoms. The molecule has 3 rings (SSSR count). The van der Waals surface area contributed by atoms with E-state index in [9.17, 15) is 14.3 Å². The lowest BCUT2D eigenvalue weighted by Crippen LogP contribution is -3.11. The van der Waals surface area contributed by atoms with Gasteiger partial charge in [-0.1, -0.05) is 42.5 Å². The number of benzene rings is 2. The van der Waals surface area contributed by atoms with Gasteiger partial charge in [-0.15, -0.1) is 0 Å². The van der Waals surface area contributed by atoms with E-state index in [-0.39, 0.29) is 24.2 Å². The van der Waals surface area contributed by atoms with E-state index in [4.69, 9.17) is 0 Å². The second-order valence-electron chi connectivity index (χ2n) is 7.30. The molecule has 0 saturated carbocycles. The predicted molar refractivity (Wildman–Crippen MR) is 102 cm³/mol. The third-order valence-electron chi connectivity index (χ3n) is 5.31. The molecule has 5 heteroatoms. The summed E-state index contributed by atoms with van der Waals surface area (Å²) in [6.07, 6.45) is 1.71. The van der Waals surface area contributed by atoms with Crippen LogP contribution in [0.2, 0.25) is 0 Å². The van der Waals surface area contributed by atoms with Gasteiger partial charge in [0.05, 0.1) is 19.7 Å². The number of amides is 1. The molecule has 1 amide bonds. The Balaban J connectivity index is 1.53. The monoisotopic (exact) mass is 371 g/mol. The van der Waals surface area contributed by atoms with Crippen LogP contribution in [0.5, 0.6) is 0 Å². The molecule has 1 fully saturated rings. The van der Waals surface area contributed by atoms with Gasteiger partial charge in [0, 0.05) is 37.4 Å². The highest BCUT2D eigenvalue weighted by atomic mass is 19.1. The first kappa shape index (κ1) is 19.5. The van der Waals surface area contributed by atoms with Crippen molar-refractivity contribution in [1.29, 1.82) is 0 Å². The fourth-order valence-electron chi connectivity index (χ4n) is 3.79. The van der Waals surface area contributed by atoms with Crippen molar-refractivity contribution < 1.29 is 19.2 Å². The Morgan fingerprint density at radius 2 is 1.70 bits per heavy atom. The van der Waals surface area contributed by atoms with Crippen LogP contribution in [-0.4, -0.2) is 42.2 Å². The molecule has 2 N–H and O–H groups in total. The van der Waals surface area contributed by atoms with E-state index in [1.807, 2.05) is 42.5 Å². The van der Waals surface area contributed by atoms with Gasteiger partial charge < -0.3 is 14.9 Å². The van der Waals surface area contributed by atoms with Crippen LogP contribution in [0.3, 0.4) is 0 Å². The van der Waals surface area contributed by atoms with Crippen LogP contribution in [0.4, 0.5) is 4.39 Å². The van der Waals surface area contributed by atoms with Crippen LogP contribution in [-0.2, 0) is 17.9 Å². The number of halogens is 1. The Morgan fingerprint density at radius 3 is 2.33 bits per heavy atom. The highest BCUT2D eigenvalue weighted by molar-refractivity contribution is 5.79. The van der Waals surface area contributed by atoms with Crippen molar-refractivity contribution in [1.82, 2.24) is 4.90 Å². The van der Waals surface area contributed by atoms with E-state index < -0.39 is 0 Å². The number of nitrogens with zero attached hydrogens (tertiary/aromatic N) is 1. The lowest BCUT2D eigenvalue weighted by molar-refractivity contribution is -0.919. The molecule has 1 saturated heterocycles. The number of hydrogen-bond acceptors (Lipinski definition) is 2. The molecule has 27 heavy (non-hydrogen) atoms. The van der Waals surface area contributed by atoms with Crippen LogP contribution in [0.1, 0.15) is 24.0 Å². The maximum Gasteiger partial charge on any atom is 0.226 e. The molecule has 2 aromatic carbocycles. The van der Waals surface area contributed by atoms with Crippen molar-refractivity contribution in [2.24, 2.45) is 5.92 Å². The van der Waals surface area contributed by atoms with E-state index in [1.54, 1.807) is 4.90 Å². The number of aliphatic hydroxyl groups excluding tert-OH is 1. The minimum absolute atomic E-state index is 0.0206. The van der Waals surface area contributed by atoms with Crippen molar-refractivity contribution >= 4 is 5.91 Å². The van der Waals surface area contributed by atoms with Gasteiger partial charge in [-0.3, -0.25) is 4.79 Å². The zero-order valence-electron chi connectivity index (χ0n) is 15.6. The van der Waals surface area contributed by atoms with Crippen molar-refractivity contribution in [3.8, 4) is 0 Å². The zero-order valence-corrected chi connectivity index (χ0v) is 15.6. The number of hydrogen-bond donors (Lipinski definition) is 2. The van der Waals surface area contributed by atoms with Crippen LogP contribution in [0.25, 0.3) is 0 Å². The molecule has 0 atom stereocenters. The van der Waals surface area contributed by atoms with Gasteiger partial charge in [-0.2, -0.15) is 0 Å². The van der Waals surface area contributed by atoms with Crippen LogP contribution < -0.4 is 4.90 Å². The molecule has 0 aromatic heterocycles. The molecule has 0 radical (unpaired) electrons. The topological polar surface area (TPSA) is 45.0 Å². The minimum Gasteiger partial charge on any atom is -0.395 e. The fraction of sp³-hybridized carbons (Fsp3) is 0.409. The largest absolute Gasteiger partial charge is 0.395 e. The Labute approximate surface area is 160 Å². The van der Waals surface area contributed by atoms with Crippen molar-refractivity contribution in [3.63, 3.8) is 0 Å². The second-order valence-corrected chi connectivity index (χ2v) is 7.30. The summed E-state index contributed by atoms with van der Waals surface area (Å²) in [6.45, 7) is 3.64. The van der Waals surface area contributed by atoms with Crippen molar-refractivity contribution in [2.75, 3.05) is 26.2 Å². The molecule has 2 aromatic rings. The highest BCUT2D eigenvalue weighted by Crippen LogP contribution is 2.16. The Hall–Kier alpha value is -2.24. The number of likely N-dealkylation sites (tertiary alicyclic amines) is 1. The summed E-state index contributed by atoms with van der Waals surface area (Å²) in [5.74, 6) is -0.0357. The van der Waals surface area contributed by atoms with Crippen molar-refractivity contribution in [3.05, 3.63) is 71.5 Å². The van der Waals surface area contributed by atoms with Crippen LogP contribution in [0, 0.1) is 11.7 Å². The molecule has 1 aliphatic rings. The first-order valence-corrected chi connectivity index (χ1v) is 9.67. The quantitative estimate of drug-likeness (QED) is 0.777. The smallest absolute Gasteiger partial charge is 0.226 e. The molecule has 0 bridgehead atoms. The first-order chi connectivity index (χ1) is 13.2. The van der Waals surface area contributed by atoms with Crippen molar-refractivity contribution in [2.45, 2.75) is 25.9 Å². The zero-order chi connectivity index (χ0) is 19.1.